The summed E-state index contributed by atoms with van der Waals surface area (Å²) in [6.07, 6.45) is -11.0. The van der Waals surface area contributed by atoms with Gasteiger partial charge in [-0.3, -0.25) is 0 Å². The predicted molar refractivity (Wildman–Crippen MR) is 147 cm³/mol. The fraction of sp³-hybridized carbons (Fsp3) is 0.536. The average molecular weight is 617 g/mol. The molecule has 15 heteroatoms. The number of carboxylic acid groups (broad SMARTS) is 1. The van der Waals surface area contributed by atoms with Gasteiger partial charge in [0.05, 0.1) is 19.3 Å². The number of benzene rings is 2. The van der Waals surface area contributed by atoms with Crippen molar-refractivity contribution < 1.29 is 52.2 Å². The van der Waals surface area contributed by atoms with E-state index in [1.165, 1.54) is 0 Å². The number of rotatable bonds is 9. The lowest BCUT2D eigenvalue weighted by molar-refractivity contribution is -0.295. The Bertz CT molecular complexity index is 1120. The zero-order chi connectivity index (χ0) is 31.7. The van der Waals surface area contributed by atoms with Gasteiger partial charge >= 0.3 is 12.1 Å². The zero-order valence-electron chi connectivity index (χ0n) is 23.2. The maximum atomic E-state index is 11.1. The van der Waals surface area contributed by atoms with Gasteiger partial charge in [-0.1, -0.05) is 60.7 Å². The smallest absolute Gasteiger partial charge is 0.475 e. The number of alkyl halides is 3. The average Bonchev–Trinajstić information content (AvgIpc) is 2.97. The third-order valence-electron chi connectivity index (χ3n) is 7.12. The summed E-state index contributed by atoms with van der Waals surface area (Å²) in [4.78, 5) is 8.90. The van der Waals surface area contributed by atoms with Gasteiger partial charge in [-0.2, -0.15) is 13.2 Å². The molecule has 0 bridgehead atoms. The van der Waals surface area contributed by atoms with Crippen LogP contribution >= 0.6 is 0 Å². The van der Waals surface area contributed by atoms with Gasteiger partial charge in [0, 0.05) is 18.6 Å². The first-order chi connectivity index (χ1) is 20.3. The number of nitrogens with two attached hydrogens (primary N) is 4. The maximum absolute atomic E-state index is 11.1. The highest BCUT2D eigenvalue weighted by atomic mass is 19.4. The van der Waals surface area contributed by atoms with Crippen molar-refractivity contribution in [1.82, 2.24) is 0 Å². The van der Waals surface area contributed by atoms with Crippen LogP contribution in [0.5, 0.6) is 0 Å². The number of carboxylic acids is 1. The van der Waals surface area contributed by atoms with Crippen LogP contribution < -0.4 is 22.9 Å². The fourth-order valence-corrected chi connectivity index (χ4v) is 4.83. The van der Waals surface area contributed by atoms with Crippen LogP contribution in [0.4, 0.5) is 13.2 Å². The Hall–Kier alpha value is -2.70. The third kappa shape index (κ3) is 9.64. The summed E-state index contributed by atoms with van der Waals surface area (Å²) in [5, 5.41) is 29.1. The van der Waals surface area contributed by atoms with Crippen LogP contribution in [-0.2, 0) is 37.0 Å². The van der Waals surface area contributed by atoms with Gasteiger partial charge in [0.25, 0.3) is 0 Å². The minimum Gasteiger partial charge on any atom is -0.475 e. The molecule has 2 aliphatic rings. The Labute approximate surface area is 246 Å². The minimum atomic E-state index is -5.08. The fourth-order valence-electron chi connectivity index (χ4n) is 4.83. The molecule has 10 atom stereocenters. The molecule has 240 valence electrons. The molecule has 12 nitrogen and oxygen atoms in total. The summed E-state index contributed by atoms with van der Waals surface area (Å²) in [7, 11) is 0. The number of ether oxygens (including phenoxy) is 4. The largest absolute Gasteiger partial charge is 0.490 e. The number of aliphatic hydroxyl groups is 2. The predicted octanol–water partition coefficient (Wildman–Crippen LogP) is -0.0333. The second-order valence-corrected chi connectivity index (χ2v) is 10.3. The molecule has 2 fully saturated rings. The Morgan fingerprint density at radius 1 is 0.837 bits per heavy atom. The summed E-state index contributed by atoms with van der Waals surface area (Å²) < 4.78 is 55.8. The van der Waals surface area contributed by atoms with E-state index in [0.717, 1.165) is 11.1 Å². The van der Waals surface area contributed by atoms with Crippen LogP contribution in [0.1, 0.15) is 17.5 Å². The van der Waals surface area contributed by atoms with Crippen molar-refractivity contribution in [2.45, 2.75) is 86.9 Å². The highest BCUT2D eigenvalue weighted by Gasteiger charge is 2.49. The molecule has 1 saturated carbocycles. The van der Waals surface area contributed by atoms with Crippen molar-refractivity contribution in [1.29, 1.82) is 0 Å². The first-order valence-electron chi connectivity index (χ1n) is 13.6. The lowest BCUT2D eigenvalue weighted by Gasteiger charge is -2.47. The Morgan fingerprint density at radius 2 is 1.30 bits per heavy atom. The van der Waals surface area contributed by atoms with Crippen molar-refractivity contribution in [3.8, 4) is 0 Å². The number of hydrogen-bond donors (Lipinski definition) is 7. The summed E-state index contributed by atoms with van der Waals surface area (Å²) in [5.74, 6) is -2.76. The second kappa shape index (κ2) is 15.9. The molecule has 0 aromatic heterocycles. The number of aliphatic hydroxyl groups excluding tert-OH is 2. The van der Waals surface area contributed by atoms with Crippen molar-refractivity contribution in [3.05, 3.63) is 71.8 Å². The Morgan fingerprint density at radius 3 is 1.77 bits per heavy atom. The molecule has 1 saturated heterocycles. The highest BCUT2D eigenvalue weighted by molar-refractivity contribution is 5.73. The number of aliphatic carboxylic acids is 1. The van der Waals surface area contributed by atoms with Crippen LogP contribution in [0.25, 0.3) is 0 Å². The number of carbonyl (C=O) groups is 1. The lowest BCUT2D eigenvalue weighted by Crippen LogP contribution is -2.68. The number of halogens is 3. The number of hydrogen-bond acceptors (Lipinski definition) is 11. The zero-order valence-corrected chi connectivity index (χ0v) is 23.2. The highest BCUT2D eigenvalue weighted by Crippen LogP contribution is 2.30. The molecule has 1 aliphatic heterocycles. The van der Waals surface area contributed by atoms with E-state index in [1.807, 2.05) is 60.7 Å². The molecule has 0 amide bonds. The van der Waals surface area contributed by atoms with Crippen LogP contribution in [-0.4, -0.2) is 95.0 Å². The normalized spacial score (nSPS) is 32.9. The van der Waals surface area contributed by atoms with Gasteiger partial charge in [0.2, 0.25) is 0 Å². The second-order valence-electron chi connectivity index (χ2n) is 10.3. The molecular weight excluding hydrogens is 577 g/mol. The summed E-state index contributed by atoms with van der Waals surface area (Å²) in [6, 6.07) is 17.3. The van der Waals surface area contributed by atoms with E-state index in [1.54, 1.807) is 0 Å². The van der Waals surface area contributed by atoms with Gasteiger partial charge in [-0.15, -0.1) is 0 Å². The van der Waals surface area contributed by atoms with Crippen LogP contribution in [0.15, 0.2) is 60.7 Å². The summed E-state index contributed by atoms with van der Waals surface area (Å²) >= 11 is 0. The molecule has 4 rings (SSSR count). The van der Waals surface area contributed by atoms with Gasteiger partial charge in [0.1, 0.15) is 36.6 Å². The SMILES string of the molecule is NC[C@H]1O[C@H](O[C@H]2[C@H](O)[C@@H](OCc3ccccc3)[C@H](N)C[C@@H]2N)[C@H](N)[C@@H](OCc2ccccc2)[C@@H]1O.O=C(O)C(F)(F)F. The van der Waals surface area contributed by atoms with Gasteiger partial charge in [0.15, 0.2) is 6.29 Å². The maximum Gasteiger partial charge on any atom is 0.490 e. The van der Waals surface area contributed by atoms with Crippen molar-refractivity contribution >= 4 is 5.97 Å². The molecule has 0 radical (unpaired) electrons. The minimum absolute atomic E-state index is 0.0336. The van der Waals surface area contributed by atoms with E-state index in [-0.39, 0.29) is 19.8 Å². The van der Waals surface area contributed by atoms with Crippen molar-refractivity contribution in [2.24, 2.45) is 22.9 Å². The summed E-state index contributed by atoms with van der Waals surface area (Å²) in [5.41, 5.74) is 26.8. The molecule has 2 aromatic rings. The summed E-state index contributed by atoms with van der Waals surface area (Å²) in [6.45, 7) is 0.566. The van der Waals surface area contributed by atoms with Gasteiger partial charge in [-0.05, 0) is 17.5 Å². The Balaban J connectivity index is 0.000000646. The molecular formula is C28H39F3N4O8. The first-order valence-corrected chi connectivity index (χ1v) is 13.6. The molecule has 43 heavy (non-hydrogen) atoms. The molecule has 1 heterocycles. The van der Waals surface area contributed by atoms with E-state index in [4.69, 9.17) is 51.8 Å². The standard InChI is InChI=1S/C26H38N4O6.C2HF3O2/c27-12-19-21(31)25(34-14-16-9-5-2-6-10-16)20(30)26(35-19)36-24-18(29)11-17(28)23(22(24)32)33-13-15-7-3-1-4-8-15;3-2(4,5)1(6)7/h1-10,17-26,31-32H,11-14,27-30H2;(H,6,7)/t17-,18+,19-,20-,21-,22-,23+,24-,25-,26-;/m1./s1. The van der Waals surface area contributed by atoms with Gasteiger partial charge in [-0.25, -0.2) is 4.79 Å². The third-order valence-corrected chi connectivity index (χ3v) is 7.12. The van der Waals surface area contributed by atoms with Crippen LogP contribution in [0.2, 0.25) is 0 Å². The monoisotopic (exact) mass is 616 g/mol. The van der Waals surface area contributed by atoms with Crippen molar-refractivity contribution in [2.75, 3.05) is 6.54 Å². The molecule has 0 unspecified atom stereocenters. The molecule has 2 aromatic carbocycles. The quantitative estimate of drug-likeness (QED) is 0.198. The van der Waals surface area contributed by atoms with Crippen LogP contribution in [0.3, 0.4) is 0 Å². The van der Waals surface area contributed by atoms with E-state index < -0.39 is 73.2 Å². The first kappa shape index (κ1) is 34.8. The van der Waals surface area contributed by atoms with E-state index in [2.05, 4.69) is 0 Å². The topological polar surface area (TPSA) is 219 Å². The molecule has 1 aliphatic carbocycles. The van der Waals surface area contributed by atoms with Gasteiger partial charge < -0.3 is 57.2 Å². The Kier molecular flexibility index (Phi) is 12.8. The van der Waals surface area contributed by atoms with Crippen molar-refractivity contribution in [3.63, 3.8) is 0 Å². The molecule has 11 N–H and O–H groups in total. The molecule has 0 spiro atoms. The van der Waals surface area contributed by atoms with E-state index >= 15 is 0 Å². The van der Waals surface area contributed by atoms with Crippen LogP contribution in [0, 0.1) is 0 Å². The lowest BCUT2D eigenvalue weighted by atomic mass is 9.84. The van der Waals surface area contributed by atoms with E-state index in [9.17, 15) is 23.4 Å². The van der Waals surface area contributed by atoms with E-state index in [0.29, 0.717) is 6.42 Å².